The van der Waals surface area contributed by atoms with Gasteiger partial charge in [0.25, 0.3) is 0 Å². The Bertz CT molecular complexity index is 1730. The van der Waals surface area contributed by atoms with Crippen LogP contribution >= 0.6 is 0 Å². The van der Waals surface area contributed by atoms with Crippen LogP contribution < -0.4 is 30.1 Å². The SMILES string of the molecule is CC[C@H](C)[C@H](NC(=O)[C@@H](N)Cc1ccc(OS(=O)(=O)O)cc1)C(=O)N[C@@H](Cc1ccc(OS(=O)(=O)O)cc1)C(=O)N[C@@H](CCC(=O)O)C(=O)O. The van der Waals surface area contributed by atoms with E-state index in [1.165, 1.54) is 36.4 Å². The summed E-state index contributed by atoms with van der Waals surface area (Å²) in [4.78, 5) is 62.8. The summed E-state index contributed by atoms with van der Waals surface area (Å²) in [5.41, 5.74) is 6.86. The normalized spacial score (nSPS) is 14.6. The van der Waals surface area contributed by atoms with Gasteiger partial charge in [0.1, 0.15) is 29.6 Å². The first-order valence-corrected chi connectivity index (χ1v) is 17.5. The summed E-state index contributed by atoms with van der Waals surface area (Å²) in [7, 11) is -9.58. The maximum atomic E-state index is 13.6. The fourth-order valence-electron chi connectivity index (χ4n) is 4.42. The molecule has 0 heterocycles. The van der Waals surface area contributed by atoms with E-state index >= 15 is 0 Å². The van der Waals surface area contributed by atoms with E-state index in [2.05, 4.69) is 24.3 Å². The zero-order chi connectivity index (χ0) is 37.8. The van der Waals surface area contributed by atoms with Crippen LogP contribution in [0.25, 0.3) is 0 Å². The molecule has 0 spiro atoms. The van der Waals surface area contributed by atoms with Gasteiger partial charge in [0, 0.05) is 12.8 Å². The van der Waals surface area contributed by atoms with Gasteiger partial charge in [-0.25, -0.2) is 4.79 Å². The number of carboxylic acids is 2. The van der Waals surface area contributed by atoms with Gasteiger partial charge in [-0.2, -0.15) is 16.8 Å². The minimum absolute atomic E-state index is 0.0674. The second kappa shape index (κ2) is 18.2. The fraction of sp³-hybridized carbons (Fsp3) is 0.414. The Morgan fingerprint density at radius 3 is 1.60 bits per heavy atom. The van der Waals surface area contributed by atoms with Crippen LogP contribution in [0.3, 0.4) is 0 Å². The van der Waals surface area contributed by atoms with Gasteiger partial charge in [0.2, 0.25) is 17.7 Å². The van der Waals surface area contributed by atoms with E-state index in [1.54, 1.807) is 13.8 Å². The highest BCUT2D eigenvalue weighted by Crippen LogP contribution is 2.17. The van der Waals surface area contributed by atoms with Crippen molar-refractivity contribution in [1.82, 2.24) is 16.0 Å². The molecule has 0 aliphatic carbocycles. The molecular weight excluding hydrogens is 708 g/mol. The average Bonchev–Trinajstić information content (AvgIpc) is 3.00. The van der Waals surface area contributed by atoms with Gasteiger partial charge >= 0.3 is 32.7 Å². The lowest BCUT2D eigenvalue weighted by molar-refractivity contribution is -0.143. The highest BCUT2D eigenvalue weighted by molar-refractivity contribution is 7.81. The van der Waals surface area contributed by atoms with Crippen molar-refractivity contribution in [2.75, 3.05) is 0 Å². The Balaban J connectivity index is 2.29. The summed E-state index contributed by atoms with van der Waals surface area (Å²) in [6.07, 6.45) is -1.06. The molecule has 0 bridgehead atoms. The molecule has 0 fully saturated rings. The first kappa shape index (κ1) is 41.3. The van der Waals surface area contributed by atoms with E-state index in [9.17, 15) is 45.9 Å². The predicted molar refractivity (Wildman–Crippen MR) is 172 cm³/mol. The summed E-state index contributed by atoms with van der Waals surface area (Å²) in [6.45, 7) is 3.37. The Morgan fingerprint density at radius 2 is 1.18 bits per heavy atom. The molecule has 0 saturated heterocycles. The number of carboxylic acid groups (broad SMARTS) is 2. The lowest BCUT2D eigenvalue weighted by Gasteiger charge is -2.28. The third-order valence-electron chi connectivity index (χ3n) is 7.17. The number of benzene rings is 2. The summed E-state index contributed by atoms with van der Waals surface area (Å²) >= 11 is 0. The number of carbonyl (C=O) groups is 5. The molecule has 0 saturated carbocycles. The van der Waals surface area contributed by atoms with E-state index in [4.69, 9.17) is 19.9 Å². The number of hydrogen-bond acceptors (Lipinski definition) is 12. The topological polar surface area (TPSA) is 315 Å². The first-order valence-electron chi connectivity index (χ1n) is 14.8. The smallest absolute Gasteiger partial charge is 0.446 e. The average molecular weight is 747 g/mol. The number of aliphatic carboxylic acids is 2. The van der Waals surface area contributed by atoms with Crippen LogP contribution in [0, 0.1) is 5.92 Å². The molecule has 50 heavy (non-hydrogen) atoms. The molecule has 276 valence electrons. The van der Waals surface area contributed by atoms with Gasteiger partial charge < -0.3 is 40.3 Å². The van der Waals surface area contributed by atoms with E-state index < -0.39 is 93.4 Å². The molecular formula is C29H38N4O15S2. The molecule has 0 aromatic heterocycles. The van der Waals surface area contributed by atoms with Crippen LogP contribution in [-0.4, -0.2) is 90.0 Å². The minimum atomic E-state index is -4.83. The molecule has 5 atom stereocenters. The van der Waals surface area contributed by atoms with Gasteiger partial charge in [-0.3, -0.25) is 28.3 Å². The van der Waals surface area contributed by atoms with Gasteiger partial charge in [-0.05, 0) is 54.2 Å². The third kappa shape index (κ3) is 14.7. The molecule has 9 N–H and O–H groups in total. The maximum absolute atomic E-state index is 13.6. The zero-order valence-corrected chi connectivity index (χ0v) is 28.3. The molecule has 2 aromatic carbocycles. The Morgan fingerprint density at radius 1 is 0.720 bits per heavy atom. The lowest BCUT2D eigenvalue weighted by Crippen LogP contribution is -2.59. The Hall–Kier alpha value is -4.83. The van der Waals surface area contributed by atoms with Gasteiger partial charge in [0.05, 0.1) is 6.04 Å². The van der Waals surface area contributed by atoms with Crippen molar-refractivity contribution >= 4 is 50.5 Å². The van der Waals surface area contributed by atoms with Crippen LogP contribution in [0.5, 0.6) is 11.5 Å². The van der Waals surface area contributed by atoms with E-state index in [1.807, 2.05) is 0 Å². The monoisotopic (exact) mass is 746 g/mol. The molecule has 0 unspecified atom stereocenters. The summed E-state index contributed by atoms with van der Waals surface area (Å²) < 4.78 is 70.2. The highest BCUT2D eigenvalue weighted by atomic mass is 32.3. The van der Waals surface area contributed by atoms with Crippen molar-refractivity contribution in [2.45, 2.75) is 70.1 Å². The number of carbonyl (C=O) groups excluding carboxylic acids is 3. The van der Waals surface area contributed by atoms with Crippen molar-refractivity contribution in [3.63, 3.8) is 0 Å². The van der Waals surface area contributed by atoms with E-state index in [0.29, 0.717) is 17.5 Å². The molecule has 0 aliphatic rings. The summed E-state index contributed by atoms with van der Waals surface area (Å²) in [5, 5.41) is 25.8. The van der Waals surface area contributed by atoms with Crippen molar-refractivity contribution in [3.8, 4) is 11.5 Å². The van der Waals surface area contributed by atoms with Gasteiger partial charge in [0.15, 0.2) is 0 Å². The standard InChI is InChI=1S/C29H38N4O15S2/c1-3-16(2)25(33-26(36)21(30)14-17-4-8-19(9-5-17)47-49(41,42)43)28(38)32-23(27(37)31-22(29(39)40)12-13-24(34)35)15-18-6-10-20(11-7-18)48-50(44,45)46/h4-11,16,21-23,25H,3,12-15,30H2,1-2H3,(H,31,37)(H,32,38)(H,33,36)(H,34,35)(H,39,40)(H,41,42,43)(H,44,45,46)/t16-,21-,22-,23-,25-/m0/s1. The molecule has 0 radical (unpaired) electrons. The molecule has 3 amide bonds. The van der Waals surface area contributed by atoms with Crippen LogP contribution in [0.2, 0.25) is 0 Å². The van der Waals surface area contributed by atoms with Gasteiger partial charge in [-0.15, -0.1) is 0 Å². The number of nitrogens with two attached hydrogens (primary N) is 1. The van der Waals surface area contributed by atoms with Crippen LogP contribution in [0.1, 0.15) is 44.2 Å². The number of amides is 3. The lowest BCUT2D eigenvalue weighted by atomic mass is 9.96. The Kier molecular flexibility index (Phi) is 15.1. The summed E-state index contributed by atoms with van der Waals surface area (Å²) in [6, 6.07) is 4.54. The maximum Gasteiger partial charge on any atom is 0.446 e. The molecule has 19 nitrogen and oxygen atoms in total. The van der Waals surface area contributed by atoms with Crippen LogP contribution in [0.15, 0.2) is 48.5 Å². The van der Waals surface area contributed by atoms with Crippen molar-refractivity contribution < 1.29 is 68.5 Å². The largest absolute Gasteiger partial charge is 0.481 e. The molecule has 2 aromatic rings. The number of nitrogens with one attached hydrogen (secondary N) is 3. The van der Waals surface area contributed by atoms with Crippen molar-refractivity contribution in [1.29, 1.82) is 0 Å². The van der Waals surface area contributed by atoms with Crippen molar-refractivity contribution in [2.24, 2.45) is 11.7 Å². The quantitative estimate of drug-likeness (QED) is 0.0800. The van der Waals surface area contributed by atoms with Gasteiger partial charge in [-0.1, -0.05) is 44.5 Å². The second-order valence-electron chi connectivity index (χ2n) is 11.1. The molecule has 2 rings (SSSR count). The zero-order valence-electron chi connectivity index (χ0n) is 26.7. The predicted octanol–water partition coefficient (Wildman–Crippen LogP) is -0.388. The van der Waals surface area contributed by atoms with Crippen LogP contribution in [-0.2, 0) is 57.6 Å². The minimum Gasteiger partial charge on any atom is -0.481 e. The van der Waals surface area contributed by atoms with E-state index in [-0.39, 0.29) is 24.3 Å². The van der Waals surface area contributed by atoms with E-state index in [0.717, 1.165) is 12.1 Å². The number of hydrogen-bond donors (Lipinski definition) is 8. The third-order valence-corrected chi connectivity index (χ3v) is 7.98. The van der Waals surface area contributed by atoms with Crippen LogP contribution in [0.4, 0.5) is 0 Å². The van der Waals surface area contributed by atoms with Crippen molar-refractivity contribution in [3.05, 3.63) is 59.7 Å². The first-order chi connectivity index (χ1) is 23.2. The highest BCUT2D eigenvalue weighted by Gasteiger charge is 2.33. The summed E-state index contributed by atoms with van der Waals surface area (Å²) in [5.74, 6) is -6.46. The second-order valence-corrected chi connectivity index (χ2v) is 13.1. The molecule has 21 heteroatoms. The Labute approximate surface area is 287 Å². The fourth-order valence-corrected chi connectivity index (χ4v) is 5.13. The number of rotatable bonds is 20. The molecule has 0 aliphatic heterocycles.